The lowest BCUT2D eigenvalue weighted by Gasteiger charge is -2.56. The van der Waals surface area contributed by atoms with Gasteiger partial charge in [-0.25, -0.2) is 0 Å². The number of aryl methyl sites for hydroxylation is 1. The molecule has 5 aliphatic rings. The summed E-state index contributed by atoms with van der Waals surface area (Å²) in [6, 6.07) is 6.13. The van der Waals surface area contributed by atoms with Gasteiger partial charge in [-0.2, -0.15) is 0 Å². The molecule has 4 nitrogen and oxygen atoms in total. The Morgan fingerprint density at radius 2 is 1.65 bits per heavy atom. The number of amides is 1. The maximum Gasteiger partial charge on any atom is 0.220 e. The number of ether oxygens (including phenoxy) is 2. The lowest BCUT2D eigenvalue weighted by atomic mass is 9.53. The fraction of sp³-hybridized carbons (Fsp3) is 0.682. The first-order valence-electron chi connectivity index (χ1n) is 10.4. The predicted octanol–water partition coefficient (Wildman–Crippen LogP) is 3.87. The number of rotatable bonds is 5. The van der Waals surface area contributed by atoms with Crippen LogP contribution in [0, 0.1) is 17.8 Å². The molecule has 6 rings (SSSR count). The van der Waals surface area contributed by atoms with Gasteiger partial charge in [-0.3, -0.25) is 4.79 Å². The second-order valence-electron chi connectivity index (χ2n) is 9.08. The van der Waals surface area contributed by atoms with Gasteiger partial charge in [0.05, 0.1) is 0 Å². The summed E-state index contributed by atoms with van der Waals surface area (Å²) in [5, 5.41) is 3.48. The maximum atomic E-state index is 12.6. The SMILES string of the molecule is O=C(CCCc1ccc2c(c1)OCCO2)NC12CC3CC(CC(C3)C1)C2. The molecular weight excluding hydrogens is 326 g/mol. The number of benzene rings is 1. The molecule has 4 fully saturated rings. The zero-order chi connectivity index (χ0) is 17.6. The number of hydrogen-bond donors (Lipinski definition) is 1. The van der Waals surface area contributed by atoms with Crippen molar-refractivity contribution < 1.29 is 14.3 Å². The molecule has 0 radical (unpaired) electrons. The van der Waals surface area contributed by atoms with E-state index >= 15 is 0 Å². The van der Waals surface area contributed by atoms with Gasteiger partial charge in [-0.05, 0) is 86.8 Å². The first-order valence-corrected chi connectivity index (χ1v) is 10.4. The van der Waals surface area contributed by atoms with Crippen LogP contribution in [0.5, 0.6) is 11.5 Å². The molecule has 4 aliphatic carbocycles. The van der Waals surface area contributed by atoms with Gasteiger partial charge < -0.3 is 14.8 Å². The summed E-state index contributed by atoms with van der Waals surface area (Å²) >= 11 is 0. The Bertz CT molecular complexity index is 663. The van der Waals surface area contributed by atoms with Gasteiger partial charge in [0.15, 0.2) is 11.5 Å². The molecule has 1 heterocycles. The molecule has 140 valence electrons. The molecule has 26 heavy (non-hydrogen) atoms. The number of carbonyl (C=O) groups excluding carboxylic acids is 1. The third-order valence-electron chi connectivity index (χ3n) is 6.92. The second-order valence-corrected chi connectivity index (χ2v) is 9.08. The normalized spacial score (nSPS) is 33.9. The first kappa shape index (κ1) is 16.5. The largest absolute Gasteiger partial charge is 0.486 e. The van der Waals surface area contributed by atoms with Crippen molar-refractivity contribution in [2.24, 2.45) is 17.8 Å². The average molecular weight is 355 g/mol. The van der Waals surface area contributed by atoms with E-state index in [1.807, 2.05) is 6.07 Å². The van der Waals surface area contributed by atoms with Gasteiger partial charge in [0.25, 0.3) is 0 Å². The van der Waals surface area contributed by atoms with Crippen molar-refractivity contribution in [2.75, 3.05) is 13.2 Å². The monoisotopic (exact) mass is 355 g/mol. The molecule has 0 atom stereocenters. The highest BCUT2D eigenvalue weighted by Crippen LogP contribution is 2.55. The van der Waals surface area contributed by atoms with Crippen molar-refractivity contribution in [1.82, 2.24) is 5.32 Å². The van der Waals surface area contributed by atoms with Gasteiger partial charge in [0.2, 0.25) is 5.91 Å². The van der Waals surface area contributed by atoms with Crippen LogP contribution in [0.1, 0.15) is 56.9 Å². The Morgan fingerprint density at radius 1 is 1.00 bits per heavy atom. The van der Waals surface area contributed by atoms with Crippen LogP contribution in [-0.4, -0.2) is 24.7 Å². The van der Waals surface area contributed by atoms with Crippen LogP contribution >= 0.6 is 0 Å². The molecule has 0 spiro atoms. The van der Waals surface area contributed by atoms with E-state index in [4.69, 9.17) is 9.47 Å². The van der Waals surface area contributed by atoms with Crippen LogP contribution in [0.3, 0.4) is 0 Å². The van der Waals surface area contributed by atoms with Crippen LogP contribution in [0.4, 0.5) is 0 Å². The van der Waals surface area contributed by atoms with E-state index in [2.05, 4.69) is 17.4 Å². The topological polar surface area (TPSA) is 47.6 Å². The summed E-state index contributed by atoms with van der Waals surface area (Å²) in [6.07, 6.45) is 10.4. The van der Waals surface area contributed by atoms with Gasteiger partial charge in [0, 0.05) is 12.0 Å². The van der Waals surface area contributed by atoms with E-state index in [0.717, 1.165) is 42.1 Å². The molecular formula is C22H29NO3. The van der Waals surface area contributed by atoms with Crippen molar-refractivity contribution >= 4 is 5.91 Å². The highest BCUT2D eigenvalue weighted by molar-refractivity contribution is 5.76. The number of fused-ring (bicyclic) bond motifs is 1. The van der Waals surface area contributed by atoms with E-state index in [9.17, 15) is 4.79 Å². The molecule has 4 heteroatoms. The Kier molecular flexibility index (Phi) is 4.10. The third-order valence-corrected chi connectivity index (χ3v) is 6.92. The second kappa shape index (κ2) is 6.47. The molecule has 1 N–H and O–H groups in total. The molecule has 1 aromatic rings. The quantitative estimate of drug-likeness (QED) is 0.872. The van der Waals surface area contributed by atoms with Crippen LogP contribution in [0.25, 0.3) is 0 Å². The Hall–Kier alpha value is -1.71. The first-order chi connectivity index (χ1) is 12.7. The molecule has 0 saturated heterocycles. The van der Waals surface area contributed by atoms with Crippen LogP contribution in [0.15, 0.2) is 18.2 Å². The summed E-state index contributed by atoms with van der Waals surface area (Å²) in [6.45, 7) is 1.24. The van der Waals surface area contributed by atoms with Crippen LogP contribution in [0.2, 0.25) is 0 Å². The molecule has 4 saturated carbocycles. The van der Waals surface area contributed by atoms with Gasteiger partial charge in [0.1, 0.15) is 13.2 Å². The molecule has 1 amide bonds. The summed E-state index contributed by atoms with van der Waals surface area (Å²) in [4.78, 5) is 12.6. The van der Waals surface area contributed by atoms with Gasteiger partial charge in [-0.15, -0.1) is 0 Å². The molecule has 0 unspecified atom stereocenters. The summed E-state index contributed by atoms with van der Waals surface area (Å²) in [7, 11) is 0. The van der Waals surface area contributed by atoms with Crippen molar-refractivity contribution in [3.8, 4) is 11.5 Å². The Morgan fingerprint density at radius 3 is 2.35 bits per heavy atom. The highest BCUT2D eigenvalue weighted by Gasteiger charge is 2.51. The zero-order valence-corrected chi connectivity index (χ0v) is 15.5. The summed E-state index contributed by atoms with van der Waals surface area (Å²) < 4.78 is 11.2. The predicted molar refractivity (Wildman–Crippen MR) is 99.4 cm³/mol. The van der Waals surface area contributed by atoms with E-state index in [-0.39, 0.29) is 11.4 Å². The van der Waals surface area contributed by atoms with E-state index in [0.29, 0.717) is 19.6 Å². The zero-order valence-electron chi connectivity index (χ0n) is 15.5. The van der Waals surface area contributed by atoms with E-state index in [1.165, 1.54) is 44.1 Å². The molecule has 0 aromatic heterocycles. The fourth-order valence-corrected chi connectivity index (χ4v) is 6.32. The van der Waals surface area contributed by atoms with Gasteiger partial charge >= 0.3 is 0 Å². The fourth-order valence-electron chi connectivity index (χ4n) is 6.32. The lowest BCUT2D eigenvalue weighted by molar-refractivity contribution is -0.126. The van der Waals surface area contributed by atoms with Crippen molar-refractivity contribution in [2.45, 2.75) is 63.3 Å². The lowest BCUT2D eigenvalue weighted by Crippen LogP contribution is -2.59. The Balaban J connectivity index is 1.14. The molecule has 1 aromatic carbocycles. The minimum absolute atomic E-state index is 0.142. The third kappa shape index (κ3) is 3.19. The smallest absolute Gasteiger partial charge is 0.220 e. The van der Waals surface area contributed by atoms with Crippen molar-refractivity contribution in [3.05, 3.63) is 23.8 Å². The summed E-state index contributed by atoms with van der Waals surface area (Å²) in [5.41, 5.74) is 1.36. The van der Waals surface area contributed by atoms with Gasteiger partial charge in [-0.1, -0.05) is 6.07 Å². The highest BCUT2D eigenvalue weighted by atomic mass is 16.6. The minimum Gasteiger partial charge on any atom is -0.486 e. The van der Waals surface area contributed by atoms with Crippen LogP contribution < -0.4 is 14.8 Å². The van der Waals surface area contributed by atoms with E-state index in [1.54, 1.807) is 0 Å². The number of nitrogens with one attached hydrogen (secondary N) is 1. The van der Waals surface area contributed by atoms with Crippen LogP contribution in [-0.2, 0) is 11.2 Å². The Labute approximate surface area is 155 Å². The van der Waals surface area contributed by atoms with E-state index < -0.39 is 0 Å². The number of hydrogen-bond acceptors (Lipinski definition) is 3. The molecule has 4 bridgehead atoms. The van der Waals surface area contributed by atoms with Crippen molar-refractivity contribution in [1.29, 1.82) is 0 Å². The maximum absolute atomic E-state index is 12.6. The van der Waals surface area contributed by atoms with Crippen molar-refractivity contribution in [3.63, 3.8) is 0 Å². The summed E-state index contributed by atoms with van der Waals surface area (Å²) in [5.74, 6) is 4.55. The minimum atomic E-state index is 0.142. The molecule has 1 aliphatic heterocycles. The number of carbonyl (C=O) groups is 1. The average Bonchev–Trinajstić information content (AvgIpc) is 2.60. The standard InChI is InChI=1S/C22H29NO3/c24-21(23-22-12-16-8-17(13-22)10-18(9-16)14-22)3-1-2-15-4-5-19-20(11-15)26-7-6-25-19/h4-5,11,16-18H,1-3,6-10,12-14H2,(H,23,24).